The minimum atomic E-state index is -0.259. The summed E-state index contributed by atoms with van der Waals surface area (Å²) in [5, 5.41) is 3.37. The molecule has 0 aliphatic heterocycles. The molecule has 6 heteroatoms. The SMILES string of the molecule is Cc1ccc(-c2nccc(Oc3cccc(C(=O)Nc4cccc(Cl)c4)c3)n2)cc1. The summed E-state index contributed by atoms with van der Waals surface area (Å²) >= 11 is 5.97. The lowest BCUT2D eigenvalue weighted by molar-refractivity contribution is 0.102. The first kappa shape index (κ1) is 19.6. The van der Waals surface area contributed by atoms with E-state index in [1.807, 2.05) is 31.2 Å². The highest BCUT2D eigenvalue weighted by Crippen LogP contribution is 2.24. The van der Waals surface area contributed by atoms with E-state index in [0.717, 1.165) is 5.56 Å². The van der Waals surface area contributed by atoms with Gasteiger partial charge in [-0.25, -0.2) is 4.98 Å². The van der Waals surface area contributed by atoms with Crippen LogP contribution < -0.4 is 10.1 Å². The number of ether oxygens (including phenoxy) is 1. The molecule has 0 spiro atoms. The lowest BCUT2D eigenvalue weighted by Gasteiger charge is -2.09. The van der Waals surface area contributed by atoms with Crippen LogP contribution in [0.5, 0.6) is 11.6 Å². The average Bonchev–Trinajstić information content (AvgIpc) is 2.75. The summed E-state index contributed by atoms with van der Waals surface area (Å²) in [6.07, 6.45) is 1.65. The molecule has 1 N–H and O–H groups in total. The molecule has 30 heavy (non-hydrogen) atoms. The maximum atomic E-state index is 12.6. The molecule has 0 unspecified atom stereocenters. The van der Waals surface area contributed by atoms with E-state index in [1.54, 1.807) is 60.8 Å². The molecule has 0 bridgehead atoms. The maximum Gasteiger partial charge on any atom is 0.255 e. The number of carbonyl (C=O) groups excluding carboxylic acids is 1. The van der Waals surface area contributed by atoms with Gasteiger partial charge in [-0.3, -0.25) is 4.79 Å². The molecule has 3 aromatic carbocycles. The Labute approximate surface area is 179 Å². The standard InChI is InChI=1S/C24H18ClN3O2/c1-16-8-10-17(11-9-16)23-26-13-12-22(28-23)30-21-7-2-4-18(14-21)24(29)27-20-6-3-5-19(25)15-20/h2-15H,1H3,(H,27,29). The van der Waals surface area contributed by atoms with E-state index in [0.29, 0.717) is 33.7 Å². The van der Waals surface area contributed by atoms with E-state index in [1.165, 1.54) is 5.56 Å². The second-order valence-corrected chi connectivity index (χ2v) is 7.12. The molecule has 0 aliphatic carbocycles. The number of hydrogen-bond acceptors (Lipinski definition) is 4. The van der Waals surface area contributed by atoms with Crippen molar-refractivity contribution in [1.82, 2.24) is 9.97 Å². The van der Waals surface area contributed by atoms with Crippen LogP contribution in [0.3, 0.4) is 0 Å². The van der Waals surface area contributed by atoms with Gasteiger partial charge in [0.15, 0.2) is 5.82 Å². The Hall–Kier alpha value is -3.70. The maximum absolute atomic E-state index is 12.6. The fourth-order valence-electron chi connectivity index (χ4n) is 2.83. The first-order valence-electron chi connectivity index (χ1n) is 9.32. The summed E-state index contributed by atoms with van der Waals surface area (Å²) in [4.78, 5) is 21.3. The van der Waals surface area contributed by atoms with Crippen molar-refractivity contribution in [2.24, 2.45) is 0 Å². The topological polar surface area (TPSA) is 64.1 Å². The predicted octanol–water partition coefficient (Wildman–Crippen LogP) is 6.15. The Morgan fingerprint density at radius 2 is 1.77 bits per heavy atom. The van der Waals surface area contributed by atoms with E-state index in [4.69, 9.17) is 16.3 Å². The number of nitrogens with one attached hydrogen (secondary N) is 1. The van der Waals surface area contributed by atoms with Gasteiger partial charge >= 0.3 is 0 Å². The van der Waals surface area contributed by atoms with Crippen LogP contribution in [0.2, 0.25) is 5.02 Å². The molecule has 1 aromatic heterocycles. The number of hydrogen-bond donors (Lipinski definition) is 1. The summed E-state index contributed by atoms with van der Waals surface area (Å²) in [5.41, 5.74) is 3.15. The second-order valence-electron chi connectivity index (χ2n) is 6.68. The van der Waals surface area contributed by atoms with Crippen LogP contribution in [0.25, 0.3) is 11.4 Å². The zero-order valence-electron chi connectivity index (χ0n) is 16.2. The van der Waals surface area contributed by atoms with Crippen LogP contribution in [0.15, 0.2) is 85.1 Å². The zero-order valence-corrected chi connectivity index (χ0v) is 16.9. The molecule has 5 nitrogen and oxygen atoms in total. The van der Waals surface area contributed by atoms with Crippen LogP contribution in [0.1, 0.15) is 15.9 Å². The molecule has 1 heterocycles. The number of rotatable bonds is 5. The van der Waals surface area contributed by atoms with Crippen LogP contribution in [0.4, 0.5) is 5.69 Å². The van der Waals surface area contributed by atoms with Gasteiger partial charge in [-0.2, -0.15) is 4.98 Å². The van der Waals surface area contributed by atoms with Gasteiger partial charge < -0.3 is 10.1 Å². The third-order valence-electron chi connectivity index (χ3n) is 4.34. The van der Waals surface area contributed by atoms with Crippen molar-refractivity contribution in [2.45, 2.75) is 6.92 Å². The molecule has 0 saturated carbocycles. The molecular formula is C24H18ClN3O2. The van der Waals surface area contributed by atoms with Crippen molar-refractivity contribution in [3.8, 4) is 23.0 Å². The van der Waals surface area contributed by atoms with Crippen LogP contribution in [0, 0.1) is 6.92 Å². The van der Waals surface area contributed by atoms with Gasteiger partial charge in [-0.1, -0.05) is 53.6 Å². The molecule has 148 valence electrons. The van der Waals surface area contributed by atoms with Crippen molar-refractivity contribution in [3.63, 3.8) is 0 Å². The largest absolute Gasteiger partial charge is 0.439 e. The fourth-order valence-corrected chi connectivity index (χ4v) is 3.02. The van der Waals surface area contributed by atoms with E-state index < -0.39 is 0 Å². The van der Waals surface area contributed by atoms with Gasteiger partial charge in [0.2, 0.25) is 5.88 Å². The van der Waals surface area contributed by atoms with Crippen molar-refractivity contribution < 1.29 is 9.53 Å². The minimum Gasteiger partial charge on any atom is -0.439 e. The van der Waals surface area contributed by atoms with Crippen molar-refractivity contribution >= 4 is 23.2 Å². The number of amides is 1. The van der Waals surface area contributed by atoms with E-state index in [-0.39, 0.29) is 5.91 Å². The van der Waals surface area contributed by atoms with Gasteiger partial charge in [0.05, 0.1) is 0 Å². The third kappa shape index (κ3) is 4.82. The number of anilines is 1. The van der Waals surface area contributed by atoms with Crippen molar-refractivity contribution in [1.29, 1.82) is 0 Å². The highest BCUT2D eigenvalue weighted by atomic mass is 35.5. The Balaban J connectivity index is 1.51. The van der Waals surface area contributed by atoms with E-state index in [9.17, 15) is 4.79 Å². The van der Waals surface area contributed by atoms with Crippen LogP contribution in [-0.4, -0.2) is 15.9 Å². The lowest BCUT2D eigenvalue weighted by atomic mass is 10.1. The minimum absolute atomic E-state index is 0.259. The average molecular weight is 416 g/mol. The Morgan fingerprint density at radius 3 is 2.57 bits per heavy atom. The quantitative estimate of drug-likeness (QED) is 0.424. The van der Waals surface area contributed by atoms with E-state index >= 15 is 0 Å². The molecule has 0 atom stereocenters. The normalized spacial score (nSPS) is 10.5. The molecule has 4 rings (SSSR count). The van der Waals surface area contributed by atoms with Gasteiger partial charge in [0, 0.05) is 34.1 Å². The summed E-state index contributed by atoms with van der Waals surface area (Å²) in [6, 6.07) is 23.5. The monoisotopic (exact) mass is 415 g/mol. The van der Waals surface area contributed by atoms with Gasteiger partial charge in [0.25, 0.3) is 5.91 Å². The third-order valence-corrected chi connectivity index (χ3v) is 4.58. The van der Waals surface area contributed by atoms with Gasteiger partial charge in [-0.15, -0.1) is 0 Å². The Kier molecular flexibility index (Phi) is 5.72. The molecule has 4 aromatic rings. The highest BCUT2D eigenvalue weighted by Gasteiger charge is 2.09. The van der Waals surface area contributed by atoms with Crippen LogP contribution in [-0.2, 0) is 0 Å². The molecule has 0 aliphatic rings. The molecular weight excluding hydrogens is 398 g/mol. The number of aryl methyl sites for hydroxylation is 1. The summed E-state index contributed by atoms with van der Waals surface area (Å²) in [6.45, 7) is 2.03. The number of aromatic nitrogens is 2. The van der Waals surface area contributed by atoms with Crippen LogP contribution >= 0.6 is 11.6 Å². The number of halogens is 1. The van der Waals surface area contributed by atoms with Gasteiger partial charge in [0.1, 0.15) is 5.75 Å². The molecule has 0 fully saturated rings. The summed E-state index contributed by atoms with van der Waals surface area (Å²) < 4.78 is 5.87. The predicted molar refractivity (Wildman–Crippen MR) is 118 cm³/mol. The number of carbonyl (C=O) groups is 1. The Bertz CT molecular complexity index is 1190. The molecule has 1 amide bonds. The fraction of sp³-hybridized carbons (Fsp3) is 0.0417. The lowest BCUT2D eigenvalue weighted by Crippen LogP contribution is -2.11. The van der Waals surface area contributed by atoms with Gasteiger partial charge in [-0.05, 0) is 43.3 Å². The highest BCUT2D eigenvalue weighted by molar-refractivity contribution is 6.31. The van der Waals surface area contributed by atoms with Crippen molar-refractivity contribution in [2.75, 3.05) is 5.32 Å². The smallest absolute Gasteiger partial charge is 0.255 e. The van der Waals surface area contributed by atoms with Crippen molar-refractivity contribution in [3.05, 3.63) is 101 Å². The first-order chi connectivity index (χ1) is 14.6. The Morgan fingerprint density at radius 1 is 0.967 bits per heavy atom. The van der Waals surface area contributed by atoms with E-state index in [2.05, 4.69) is 15.3 Å². The molecule has 0 radical (unpaired) electrons. The second kappa shape index (κ2) is 8.76. The number of nitrogens with zero attached hydrogens (tertiary/aromatic N) is 2. The summed E-state index contributed by atoms with van der Waals surface area (Å²) in [5.74, 6) is 1.21. The molecule has 0 saturated heterocycles. The number of benzene rings is 3. The zero-order chi connectivity index (χ0) is 20.9. The first-order valence-corrected chi connectivity index (χ1v) is 9.69. The summed E-state index contributed by atoms with van der Waals surface area (Å²) in [7, 11) is 0.